The van der Waals surface area contributed by atoms with Crippen molar-refractivity contribution in [3.63, 3.8) is 0 Å². The summed E-state index contributed by atoms with van der Waals surface area (Å²) in [4.78, 5) is 12.3. The summed E-state index contributed by atoms with van der Waals surface area (Å²) in [5.41, 5.74) is 0.216. The lowest BCUT2D eigenvalue weighted by Crippen LogP contribution is -2.26. The lowest BCUT2D eigenvalue weighted by atomic mass is 10.0. The Kier molecular flexibility index (Phi) is 6.03. The Hall–Kier alpha value is -2.28. The molecule has 1 heterocycles. The highest BCUT2D eigenvalue weighted by atomic mass is 19.1. The van der Waals surface area contributed by atoms with Gasteiger partial charge in [-0.15, -0.1) is 0 Å². The van der Waals surface area contributed by atoms with E-state index in [-0.39, 0.29) is 28.7 Å². The molecule has 0 saturated heterocycles. The summed E-state index contributed by atoms with van der Waals surface area (Å²) in [6.45, 7) is 6.36. The number of benzene rings is 1. The molecule has 0 fully saturated rings. The first-order chi connectivity index (χ1) is 11.4. The van der Waals surface area contributed by atoms with Gasteiger partial charge in [0.2, 0.25) is 0 Å². The maximum atomic E-state index is 13.9. The summed E-state index contributed by atoms with van der Waals surface area (Å²) in [6, 6.07) is 3.08. The lowest BCUT2D eigenvalue weighted by molar-refractivity contribution is 0.0757. The number of carbonyl (C=O) groups excluding carboxylic acids is 1. The van der Waals surface area contributed by atoms with Crippen molar-refractivity contribution < 1.29 is 22.8 Å². The van der Waals surface area contributed by atoms with E-state index in [1.807, 2.05) is 13.8 Å². The van der Waals surface area contributed by atoms with Crippen LogP contribution in [0.1, 0.15) is 36.4 Å². The van der Waals surface area contributed by atoms with Crippen LogP contribution in [-0.2, 0) is 4.74 Å². The summed E-state index contributed by atoms with van der Waals surface area (Å²) in [5.74, 6) is -1.66. The quantitative estimate of drug-likeness (QED) is 0.785. The molecule has 24 heavy (non-hydrogen) atoms. The first kappa shape index (κ1) is 18.1. The average molecular weight is 338 g/mol. The standard InChI is InChI=1S/C17H20F2N2O3/c1-10(2)23-8-4-7-20-17(22)15-11(3)24-21-16(15)13-6-5-12(18)9-14(13)19/h5-6,9-10H,4,7-8H2,1-3H3,(H,20,22). The SMILES string of the molecule is Cc1onc(-c2ccc(F)cc2F)c1C(=O)NCCCOC(C)C. The Labute approximate surface area is 139 Å². The zero-order valence-corrected chi connectivity index (χ0v) is 13.9. The number of hydrogen-bond acceptors (Lipinski definition) is 4. The van der Waals surface area contributed by atoms with Crippen molar-refractivity contribution in [2.24, 2.45) is 0 Å². The summed E-state index contributed by atoms with van der Waals surface area (Å²) in [5, 5.41) is 6.47. The second-order valence-electron chi connectivity index (χ2n) is 5.62. The molecule has 1 aromatic carbocycles. The number of hydrogen-bond donors (Lipinski definition) is 1. The number of nitrogens with one attached hydrogen (secondary N) is 1. The molecule has 2 rings (SSSR count). The van der Waals surface area contributed by atoms with Crippen LogP contribution in [0.15, 0.2) is 22.7 Å². The van der Waals surface area contributed by atoms with Crippen molar-refractivity contribution in [2.45, 2.75) is 33.3 Å². The minimum absolute atomic E-state index is 0.0153. The van der Waals surface area contributed by atoms with E-state index in [4.69, 9.17) is 9.26 Å². The third-order valence-electron chi connectivity index (χ3n) is 3.33. The fraction of sp³-hybridized carbons (Fsp3) is 0.412. The Morgan fingerprint density at radius 1 is 1.38 bits per heavy atom. The molecule has 1 aromatic heterocycles. The number of amides is 1. The first-order valence-corrected chi connectivity index (χ1v) is 7.71. The van der Waals surface area contributed by atoms with Crippen LogP contribution in [0.25, 0.3) is 11.3 Å². The second-order valence-corrected chi connectivity index (χ2v) is 5.62. The van der Waals surface area contributed by atoms with E-state index in [1.165, 1.54) is 6.07 Å². The number of carbonyl (C=O) groups is 1. The first-order valence-electron chi connectivity index (χ1n) is 7.71. The van der Waals surface area contributed by atoms with Crippen molar-refractivity contribution in [3.05, 3.63) is 41.2 Å². The van der Waals surface area contributed by atoms with E-state index in [9.17, 15) is 13.6 Å². The molecule has 1 amide bonds. The van der Waals surface area contributed by atoms with Gasteiger partial charge < -0.3 is 14.6 Å². The molecule has 0 unspecified atom stereocenters. The number of rotatable bonds is 7. The predicted octanol–water partition coefficient (Wildman–Crippen LogP) is 3.47. The smallest absolute Gasteiger partial charge is 0.257 e. The van der Waals surface area contributed by atoms with Gasteiger partial charge in [-0.1, -0.05) is 5.16 Å². The Balaban J connectivity index is 2.10. The minimum Gasteiger partial charge on any atom is -0.379 e. The van der Waals surface area contributed by atoms with Gasteiger partial charge in [-0.3, -0.25) is 4.79 Å². The highest BCUT2D eigenvalue weighted by molar-refractivity contribution is 6.00. The van der Waals surface area contributed by atoms with E-state index in [0.717, 1.165) is 12.1 Å². The van der Waals surface area contributed by atoms with Crippen LogP contribution in [-0.4, -0.2) is 30.3 Å². The Morgan fingerprint density at radius 3 is 2.79 bits per heavy atom. The molecule has 7 heteroatoms. The van der Waals surface area contributed by atoms with Gasteiger partial charge in [-0.25, -0.2) is 8.78 Å². The highest BCUT2D eigenvalue weighted by Gasteiger charge is 2.23. The molecule has 130 valence electrons. The van der Waals surface area contributed by atoms with Crippen LogP contribution in [0.4, 0.5) is 8.78 Å². The Morgan fingerprint density at radius 2 is 2.12 bits per heavy atom. The molecule has 2 aromatic rings. The molecule has 0 aliphatic rings. The molecule has 0 aliphatic carbocycles. The average Bonchev–Trinajstić information content (AvgIpc) is 2.88. The van der Waals surface area contributed by atoms with Crippen LogP contribution >= 0.6 is 0 Å². The topological polar surface area (TPSA) is 64.4 Å². The van der Waals surface area contributed by atoms with Gasteiger partial charge in [0.15, 0.2) is 0 Å². The normalized spacial score (nSPS) is 11.1. The molecule has 0 spiro atoms. The zero-order chi connectivity index (χ0) is 17.7. The molecule has 0 atom stereocenters. The van der Waals surface area contributed by atoms with E-state index < -0.39 is 17.5 Å². The summed E-state index contributed by atoms with van der Waals surface area (Å²) in [6.07, 6.45) is 0.781. The maximum Gasteiger partial charge on any atom is 0.257 e. The third kappa shape index (κ3) is 4.38. The molecule has 0 radical (unpaired) electrons. The highest BCUT2D eigenvalue weighted by Crippen LogP contribution is 2.27. The monoisotopic (exact) mass is 338 g/mol. The molecular weight excluding hydrogens is 318 g/mol. The molecule has 0 saturated carbocycles. The summed E-state index contributed by atoms with van der Waals surface area (Å²) in [7, 11) is 0. The largest absolute Gasteiger partial charge is 0.379 e. The number of ether oxygens (including phenoxy) is 1. The van der Waals surface area contributed by atoms with Gasteiger partial charge in [-0.2, -0.15) is 0 Å². The minimum atomic E-state index is -0.803. The molecule has 0 bridgehead atoms. The third-order valence-corrected chi connectivity index (χ3v) is 3.33. The van der Waals surface area contributed by atoms with Crippen LogP contribution in [0.5, 0.6) is 0 Å². The van der Waals surface area contributed by atoms with Gasteiger partial charge >= 0.3 is 0 Å². The van der Waals surface area contributed by atoms with E-state index in [0.29, 0.717) is 19.6 Å². The number of aryl methyl sites for hydroxylation is 1. The van der Waals surface area contributed by atoms with Gasteiger partial charge in [0.1, 0.15) is 28.7 Å². The van der Waals surface area contributed by atoms with E-state index >= 15 is 0 Å². The summed E-state index contributed by atoms with van der Waals surface area (Å²) >= 11 is 0. The van der Waals surface area contributed by atoms with Gasteiger partial charge in [-0.05, 0) is 39.3 Å². The zero-order valence-electron chi connectivity index (χ0n) is 13.9. The van der Waals surface area contributed by atoms with Gasteiger partial charge in [0, 0.05) is 24.8 Å². The van der Waals surface area contributed by atoms with Gasteiger partial charge in [0.05, 0.1) is 6.10 Å². The summed E-state index contributed by atoms with van der Waals surface area (Å²) < 4.78 is 37.4. The fourth-order valence-electron chi connectivity index (χ4n) is 2.19. The van der Waals surface area contributed by atoms with Gasteiger partial charge in [0.25, 0.3) is 5.91 Å². The van der Waals surface area contributed by atoms with Crippen molar-refractivity contribution in [2.75, 3.05) is 13.2 Å². The van der Waals surface area contributed by atoms with E-state index in [2.05, 4.69) is 10.5 Å². The van der Waals surface area contributed by atoms with Crippen molar-refractivity contribution in [3.8, 4) is 11.3 Å². The van der Waals surface area contributed by atoms with Crippen molar-refractivity contribution in [1.82, 2.24) is 10.5 Å². The number of aromatic nitrogens is 1. The van der Waals surface area contributed by atoms with Crippen molar-refractivity contribution in [1.29, 1.82) is 0 Å². The maximum absolute atomic E-state index is 13.9. The molecule has 5 nitrogen and oxygen atoms in total. The lowest BCUT2D eigenvalue weighted by Gasteiger charge is -2.08. The number of nitrogens with zero attached hydrogens (tertiary/aromatic N) is 1. The van der Waals surface area contributed by atoms with Crippen LogP contribution in [0.2, 0.25) is 0 Å². The van der Waals surface area contributed by atoms with Crippen molar-refractivity contribution >= 4 is 5.91 Å². The Bertz CT molecular complexity index is 714. The predicted molar refractivity (Wildman–Crippen MR) is 84.6 cm³/mol. The molecule has 1 N–H and O–H groups in total. The molecular formula is C17H20F2N2O3. The fourth-order valence-corrected chi connectivity index (χ4v) is 2.19. The second kappa shape index (κ2) is 8.01. The molecule has 0 aliphatic heterocycles. The van der Waals surface area contributed by atoms with E-state index in [1.54, 1.807) is 6.92 Å². The van der Waals surface area contributed by atoms with Crippen LogP contribution in [0, 0.1) is 18.6 Å². The van der Waals surface area contributed by atoms with Crippen LogP contribution < -0.4 is 5.32 Å². The van der Waals surface area contributed by atoms with Crippen LogP contribution in [0.3, 0.4) is 0 Å². The number of halogens is 2.